The topological polar surface area (TPSA) is 80.1 Å². The number of aromatic nitrogens is 5. The number of ether oxygens (including phenoxy) is 2. The number of methoxy groups -OCH3 is 1. The molecule has 8 heteroatoms. The molecule has 0 aliphatic carbocycles. The molecule has 0 saturated carbocycles. The Labute approximate surface area is 132 Å². The Hall–Kier alpha value is -2.45. The molecular formula is C15H17N5O3. The van der Waals surface area contributed by atoms with Gasteiger partial charge in [-0.2, -0.15) is 5.10 Å². The number of nitrogens with zero attached hydrogens (tertiary/aromatic N) is 5. The van der Waals surface area contributed by atoms with E-state index in [0.717, 1.165) is 11.4 Å². The van der Waals surface area contributed by atoms with Crippen molar-refractivity contribution in [3.63, 3.8) is 0 Å². The smallest absolute Gasteiger partial charge is 0.253 e. The Morgan fingerprint density at radius 2 is 2.09 bits per heavy atom. The number of aryl methyl sites for hydroxylation is 1. The van der Waals surface area contributed by atoms with Crippen molar-refractivity contribution in [1.29, 1.82) is 0 Å². The van der Waals surface area contributed by atoms with Gasteiger partial charge >= 0.3 is 0 Å². The van der Waals surface area contributed by atoms with E-state index >= 15 is 0 Å². The molecule has 1 atom stereocenters. The van der Waals surface area contributed by atoms with E-state index in [0.29, 0.717) is 31.4 Å². The van der Waals surface area contributed by atoms with Crippen LogP contribution in [0.3, 0.4) is 0 Å². The van der Waals surface area contributed by atoms with E-state index in [-0.39, 0.29) is 0 Å². The van der Waals surface area contributed by atoms with Crippen LogP contribution in [0, 0.1) is 0 Å². The van der Waals surface area contributed by atoms with Crippen LogP contribution in [0.1, 0.15) is 12.3 Å². The van der Waals surface area contributed by atoms with Gasteiger partial charge in [-0.3, -0.25) is 4.68 Å². The van der Waals surface area contributed by atoms with Gasteiger partial charge in [-0.15, -0.1) is 10.2 Å². The molecule has 8 nitrogen and oxygen atoms in total. The average molecular weight is 315 g/mol. The van der Waals surface area contributed by atoms with Crippen molar-refractivity contribution in [3.8, 4) is 17.3 Å². The lowest BCUT2D eigenvalue weighted by molar-refractivity contribution is -0.0407. The highest BCUT2D eigenvalue weighted by Crippen LogP contribution is 2.35. The molecule has 0 radical (unpaired) electrons. The summed E-state index contributed by atoms with van der Waals surface area (Å²) in [5.74, 6) is 1.72. The maximum absolute atomic E-state index is 5.91. The van der Waals surface area contributed by atoms with Gasteiger partial charge in [0.15, 0.2) is 5.60 Å². The maximum Gasteiger partial charge on any atom is 0.253 e. The van der Waals surface area contributed by atoms with Gasteiger partial charge < -0.3 is 18.5 Å². The van der Waals surface area contributed by atoms with Gasteiger partial charge in [0.05, 0.1) is 19.4 Å². The summed E-state index contributed by atoms with van der Waals surface area (Å²) in [4.78, 5) is 0. The van der Waals surface area contributed by atoms with Crippen LogP contribution in [0.5, 0.6) is 0 Å². The zero-order valence-corrected chi connectivity index (χ0v) is 13.0. The van der Waals surface area contributed by atoms with E-state index < -0.39 is 5.60 Å². The van der Waals surface area contributed by atoms with E-state index in [4.69, 9.17) is 13.9 Å². The predicted octanol–water partition coefficient (Wildman–Crippen LogP) is 1.52. The van der Waals surface area contributed by atoms with Crippen LogP contribution in [0.25, 0.3) is 17.3 Å². The van der Waals surface area contributed by atoms with E-state index in [2.05, 4.69) is 15.3 Å². The SMILES string of the molecule is COC1(c2nnc(-c3cnn(C)c3-n3cccc3)o2)CCOC1. The first-order chi connectivity index (χ1) is 11.2. The van der Waals surface area contributed by atoms with Crippen molar-refractivity contribution < 1.29 is 13.9 Å². The Kier molecular flexibility index (Phi) is 3.28. The second-order valence-electron chi connectivity index (χ2n) is 5.51. The van der Waals surface area contributed by atoms with Crippen LogP contribution < -0.4 is 0 Å². The quantitative estimate of drug-likeness (QED) is 0.726. The average Bonchev–Trinajstić information content (AvgIpc) is 3.33. The molecule has 23 heavy (non-hydrogen) atoms. The normalized spacial score (nSPS) is 21.1. The van der Waals surface area contributed by atoms with Crippen LogP contribution in [-0.4, -0.2) is 44.9 Å². The summed E-state index contributed by atoms with van der Waals surface area (Å²) in [5.41, 5.74) is 0.119. The highest BCUT2D eigenvalue weighted by molar-refractivity contribution is 5.62. The molecule has 0 spiro atoms. The van der Waals surface area contributed by atoms with Gasteiger partial charge in [0.1, 0.15) is 11.4 Å². The summed E-state index contributed by atoms with van der Waals surface area (Å²) in [6.07, 6.45) is 6.30. The summed E-state index contributed by atoms with van der Waals surface area (Å²) >= 11 is 0. The second-order valence-corrected chi connectivity index (χ2v) is 5.51. The molecule has 0 amide bonds. The third-order valence-corrected chi connectivity index (χ3v) is 4.18. The van der Waals surface area contributed by atoms with Crippen molar-refractivity contribution in [3.05, 3.63) is 36.6 Å². The molecule has 4 heterocycles. The fourth-order valence-corrected chi connectivity index (χ4v) is 2.84. The van der Waals surface area contributed by atoms with Gasteiger partial charge in [-0.25, -0.2) is 0 Å². The van der Waals surface area contributed by atoms with Gasteiger partial charge in [-0.1, -0.05) is 0 Å². The Bertz CT molecular complexity index is 799. The fraction of sp³-hybridized carbons (Fsp3) is 0.400. The minimum absolute atomic E-state index is 0.417. The molecule has 4 rings (SSSR count). The number of hydrogen-bond acceptors (Lipinski definition) is 6. The minimum Gasteiger partial charge on any atom is -0.417 e. The molecule has 120 valence electrons. The summed E-state index contributed by atoms with van der Waals surface area (Å²) in [5, 5.41) is 12.7. The first-order valence-electron chi connectivity index (χ1n) is 7.36. The van der Waals surface area contributed by atoms with E-state index in [1.807, 2.05) is 36.1 Å². The predicted molar refractivity (Wildman–Crippen MR) is 80.0 cm³/mol. The molecule has 1 unspecified atom stereocenters. The second kappa shape index (κ2) is 5.32. The minimum atomic E-state index is -0.652. The summed E-state index contributed by atoms with van der Waals surface area (Å²) < 4.78 is 20.7. The van der Waals surface area contributed by atoms with Crippen LogP contribution >= 0.6 is 0 Å². The summed E-state index contributed by atoms with van der Waals surface area (Å²) in [6, 6.07) is 3.90. The zero-order chi connectivity index (χ0) is 15.9. The van der Waals surface area contributed by atoms with Crippen molar-refractivity contribution >= 4 is 0 Å². The Balaban J connectivity index is 1.76. The molecule has 1 fully saturated rings. The lowest BCUT2D eigenvalue weighted by Gasteiger charge is -2.20. The Morgan fingerprint density at radius 3 is 2.78 bits per heavy atom. The Morgan fingerprint density at radius 1 is 1.26 bits per heavy atom. The molecule has 0 N–H and O–H groups in total. The highest BCUT2D eigenvalue weighted by atomic mass is 16.6. The van der Waals surface area contributed by atoms with Gasteiger partial charge in [-0.05, 0) is 12.1 Å². The monoisotopic (exact) mass is 315 g/mol. The van der Waals surface area contributed by atoms with Crippen molar-refractivity contribution in [2.45, 2.75) is 12.0 Å². The maximum atomic E-state index is 5.91. The molecule has 1 saturated heterocycles. The van der Waals surface area contributed by atoms with Gasteiger partial charge in [0.2, 0.25) is 0 Å². The highest BCUT2D eigenvalue weighted by Gasteiger charge is 2.42. The third kappa shape index (κ3) is 2.18. The number of rotatable bonds is 4. The van der Waals surface area contributed by atoms with Crippen LogP contribution in [0.2, 0.25) is 0 Å². The molecule has 3 aromatic heterocycles. The van der Waals surface area contributed by atoms with Crippen LogP contribution in [0.4, 0.5) is 0 Å². The first-order valence-corrected chi connectivity index (χ1v) is 7.36. The number of hydrogen-bond donors (Lipinski definition) is 0. The lowest BCUT2D eigenvalue weighted by Crippen LogP contribution is -2.29. The molecule has 1 aliphatic rings. The molecule has 3 aromatic rings. The molecule has 0 aromatic carbocycles. The van der Waals surface area contributed by atoms with Crippen LogP contribution in [0.15, 0.2) is 35.1 Å². The molecular weight excluding hydrogens is 298 g/mol. The third-order valence-electron chi connectivity index (χ3n) is 4.18. The van der Waals surface area contributed by atoms with Gasteiger partial charge in [0, 0.05) is 33.0 Å². The largest absolute Gasteiger partial charge is 0.417 e. The zero-order valence-electron chi connectivity index (χ0n) is 13.0. The van der Waals surface area contributed by atoms with Gasteiger partial charge in [0.25, 0.3) is 11.8 Å². The van der Waals surface area contributed by atoms with Crippen molar-refractivity contribution in [2.75, 3.05) is 20.3 Å². The molecule has 1 aliphatic heterocycles. The fourth-order valence-electron chi connectivity index (χ4n) is 2.84. The first kappa shape index (κ1) is 14.2. The van der Waals surface area contributed by atoms with E-state index in [1.165, 1.54) is 0 Å². The lowest BCUT2D eigenvalue weighted by atomic mass is 10.0. The molecule has 0 bridgehead atoms. The van der Waals surface area contributed by atoms with Crippen molar-refractivity contribution in [2.24, 2.45) is 7.05 Å². The van der Waals surface area contributed by atoms with Crippen LogP contribution in [-0.2, 0) is 22.1 Å². The van der Waals surface area contributed by atoms with E-state index in [9.17, 15) is 0 Å². The van der Waals surface area contributed by atoms with Crippen molar-refractivity contribution in [1.82, 2.24) is 24.5 Å². The van der Waals surface area contributed by atoms with E-state index in [1.54, 1.807) is 18.0 Å². The summed E-state index contributed by atoms with van der Waals surface area (Å²) in [7, 11) is 3.51. The standard InChI is InChI=1S/C15H17N5O3/c1-19-13(20-6-3-4-7-20)11(9-16-19)12-17-18-14(23-12)15(21-2)5-8-22-10-15/h3-4,6-7,9H,5,8,10H2,1-2H3. The summed E-state index contributed by atoms with van der Waals surface area (Å²) in [6.45, 7) is 1.04.